The number of carbonyl (C=O) groups is 2. The van der Waals surface area contributed by atoms with Gasteiger partial charge in [-0.25, -0.2) is 4.79 Å². The lowest BCUT2D eigenvalue weighted by atomic mass is 9.96. The molecular formula is C21H35ClN4O2. The number of nitrogens with one attached hydrogen (secondary N) is 1. The maximum absolute atomic E-state index is 13.2. The first-order chi connectivity index (χ1) is 13.0. The van der Waals surface area contributed by atoms with Crippen molar-refractivity contribution in [1.29, 1.82) is 0 Å². The van der Waals surface area contributed by atoms with Gasteiger partial charge in [-0.15, -0.1) is 12.4 Å². The Bertz CT molecular complexity index is 597. The van der Waals surface area contributed by atoms with Crippen molar-refractivity contribution in [2.75, 3.05) is 32.7 Å². The van der Waals surface area contributed by atoms with E-state index in [1.165, 1.54) is 0 Å². The lowest BCUT2D eigenvalue weighted by molar-refractivity contribution is -0.137. The van der Waals surface area contributed by atoms with E-state index in [2.05, 4.69) is 19.2 Å². The fourth-order valence-corrected chi connectivity index (χ4v) is 3.38. The average Bonchev–Trinajstić information content (AvgIpc) is 2.69. The minimum Gasteiger partial charge on any atom is -0.338 e. The van der Waals surface area contributed by atoms with E-state index in [4.69, 9.17) is 5.73 Å². The van der Waals surface area contributed by atoms with Crippen molar-refractivity contribution >= 4 is 24.3 Å². The number of piperidine rings is 1. The SMILES string of the molecule is CC(C)CNC(=O)N1CCCC(C(=O)N(CCCN)Cc2ccccc2)C1.Cl. The molecule has 1 heterocycles. The van der Waals surface area contributed by atoms with Crippen LogP contribution in [0, 0.1) is 11.8 Å². The van der Waals surface area contributed by atoms with E-state index in [1.807, 2.05) is 35.2 Å². The van der Waals surface area contributed by atoms with Crippen LogP contribution in [0.25, 0.3) is 0 Å². The smallest absolute Gasteiger partial charge is 0.317 e. The van der Waals surface area contributed by atoms with Crippen LogP contribution >= 0.6 is 12.4 Å². The number of halogens is 1. The molecule has 1 aliphatic rings. The largest absolute Gasteiger partial charge is 0.338 e. The third-order valence-corrected chi connectivity index (χ3v) is 4.88. The molecule has 0 radical (unpaired) electrons. The molecule has 1 saturated heterocycles. The predicted octanol–water partition coefficient (Wildman–Crippen LogP) is 2.86. The molecule has 3 amide bonds. The number of hydrogen-bond acceptors (Lipinski definition) is 3. The molecular weight excluding hydrogens is 376 g/mol. The van der Waals surface area contributed by atoms with Crippen LogP contribution in [-0.4, -0.2) is 54.5 Å². The molecule has 0 aromatic heterocycles. The van der Waals surface area contributed by atoms with Crippen molar-refractivity contribution in [2.45, 2.75) is 39.7 Å². The first-order valence-electron chi connectivity index (χ1n) is 10.1. The molecule has 1 aromatic rings. The van der Waals surface area contributed by atoms with Crippen molar-refractivity contribution in [2.24, 2.45) is 17.6 Å². The second-order valence-corrected chi connectivity index (χ2v) is 7.75. The Kier molecular flexibility index (Phi) is 10.9. The Morgan fingerprint density at radius 2 is 2.00 bits per heavy atom. The highest BCUT2D eigenvalue weighted by Gasteiger charge is 2.31. The van der Waals surface area contributed by atoms with E-state index in [1.54, 1.807) is 4.90 Å². The maximum atomic E-state index is 13.2. The van der Waals surface area contributed by atoms with Gasteiger partial charge in [-0.2, -0.15) is 0 Å². The van der Waals surface area contributed by atoms with Crippen LogP contribution in [0.3, 0.4) is 0 Å². The molecule has 0 aliphatic carbocycles. The first kappa shape index (κ1) is 24.2. The summed E-state index contributed by atoms with van der Waals surface area (Å²) in [5.74, 6) is 0.410. The van der Waals surface area contributed by atoms with E-state index >= 15 is 0 Å². The molecule has 1 unspecified atom stereocenters. The van der Waals surface area contributed by atoms with Gasteiger partial charge in [0.2, 0.25) is 5.91 Å². The summed E-state index contributed by atoms with van der Waals surface area (Å²) >= 11 is 0. The van der Waals surface area contributed by atoms with Crippen LogP contribution in [0.1, 0.15) is 38.7 Å². The molecule has 28 heavy (non-hydrogen) atoms. The number of amides is 3. The Labute approximate surface area is 175 Å². The summed E-state index contributed by atoms with van der Waals surface area (Å²) in [7, 11) is 0. The van der Waals surface area contributed by atoms with Crippen LogP contribution < -0.4 is 11.1 Å². The first-order valence-corrected chi connectivity index (χ1v) is 10.1. The van der Waals surface area contributed by atoms with Crippen LogP contribution in [-0.2, 0) is 11.3 Å². The van der Waals surface area contributed by atoms with E-state index in [-0.39, 0.29) is 30.3 Å². The van der Waals surface area contributed by atoms with Crippen LogP contribution in [0.2, 0.25) is 0 Å². The molecule has 6 nitrogen and oxygen atoms in total. The van der Waals surface area contributed by atoms with Crippen molar-refractivity contribution in [3.63, 3.8) is 0 Å². The molecule has 0 spiro atoms. The number of likely N-dealkylation sites (tertiary alicyclic amines) is 1. The summed E-state index contributed by atoms with van der Waals surface area (Å²) in [6.07, 6.45) is 2.48. The van der Waals surface area contributed by atoms with Crippen molar-refractivity contribution in [3.8, 4) is 0 Å². The standard InChI is InChI=1S/C21H34N4O2.ClH/c1-17(2)14-23-21(27)25-12-6-10-19(16-25)20(26)24(13-7-11-22)15-18-8-4-3-5-9-18;/h3-5,8-9,17,19H,6-7,10-16,22H2,1-2H3,(H,23,27);1H. The molecule has 3 N–H and O–H groups in total. The van der Waals surface area contributed by atoms with Crippen molar-refractivity contribution < 1.29 is 9.59 Å². The number of nitrogens with two attached hydrogens (primary N) is 1. The monoisotopic (exact) mass is 410 g/mol. The van der Waals surface area contributed by atoms with E-state index in [0.717, 1.165) is 31.4 Å². The lowest BCUT2D eigenvalue weighted by Crippen LogP contribution is -2.50. The Balaban J connectivity index is 0.00000392. The molecule has 0 bridgehead atoms. The lowest BCUT2D eigenvalue weighted by Gasteiger charge is -2.35. The highest BCUT2D eigenvalue weighted by atomic mass is 35.5. The third-order valence-electron chi connectivity index (χ3n) is 4.88. The van der Waals surface area contributed by atoms with Gasteiger partial charge in [0.05, 0.1) is 5.92 Å². The van der Waals surface area contributed by atoms with Crippen LogP contribution in [0.5, 0.6) is 0 Å². The van der Waals surface area contributed by atoms with Gasteiger partial charge < -0.3 is 20.9 Å². The summed E-state index contributed by atoms with van der Waals surface area (Å²) in [6, 6.07) is 9.97. The number of carbonyl (C=O) groups excluding carboxylic acids is 2. The summed E-state index contributed by atoms with van der Waals surface area (Å²) in [5, 5.41) is 2.96. The van der Waals surface area contributed by atoms with Crippen LogP contribution in [0.4, 0.5) is 4.79 Å². The molecule has 1 fully saturated rings. The number of urea groups is 1. The zero-order chi connectivity index (χ0) is 19.6. The molecule has 1 atom stereocenters. The second kappa shape index (κ2) is 12.6. The molecule has 158 valence electrons. The van der Waals surface area contributed by atoms with E-state index in [0.29, 0.717) is 38.6 Å². The fourth-order valence-electron chi connectivity index (χ4n) is 3.38. The summed E-state index contributed by atoms with van der Waals surface area (Å²) in [6.45, 7) is 7.82. The fraction of sp³-hybridized carbons (Fsp3) is 0.619. The Morgan fingerprint density at radius 3 is 2.64 bits per heavy atom. The minimum atomic E-state index is -0.134. The van der Waals surface area contributed by atoms with E-state index in [9.17, 15) is 9.59 Å². The zero-order valence-electron chi connectivity index (χ0n) is 17.1. The minimum absolute atomic E-state index is 0. The summed E-state index contributed by atoms with van der Waals surface area (Å²) in [5.41, 5.74) is 6.79. The summed E-state index contributed by atoms with van der Waals surface area (Å²) in [4.78, 5) is 29.2. The highest BCUT2D eigenvalue weighted by Crippen LogP contribution is 2.20. The number of hydrogen-bond donors (Lipinski definition) is 2. The van der Waals surface area contributed by atoms with Gasteiger partial charge in [-0.3, -0.25) is 4.79 Å². The predicted molar refractivity (Wildman–Crippen MR) is 115 cm³/mol. The van der Waals surface area contributed by atoms with Gasteiger partial charge in [0.1, 0.15) is 0 Å². The quantitative estimate of drug-likeness (QED) is 0.691. The molecule has 1 aliphatic heterocycles. The van der Waals surface area contributed by atoms with Gasteiger partial charge in [0.25, 0.3) is 0 Å². The van der Waals surface area contributed by atoms with Gasteiger partial charge in [-0.1, -0.05) is 44.2 Å². The molecule has 0 saturated carbocycles. The van der Waals surface area contributed by atoms with Gasteiger partial charge in [-0.05, 0) is 37.3 Å². The van der Waals surface area contributed by atoms with Crippen molar-refractivity contribution in [3.05, 3.63) is 35.9 Å². The second-order valence-electron chi connectivity index (χ2n) is 7.75. The Hall–Kier alpha value is -1.79. The van der Waals surface area contributed by atoms with Gasteiger partial charge >= 0.3 is 6.03 Å². The van der Waals surface area contributed by atoms with Gasteiger partial charge in [0, 0.05) is 32.7 Å². The van der Waals surface area contributed by atoms with Gasteiger partial charge in [0.15, 0.2) is 0 Å². The normalized spacial score (nSPS) is 16.4. The Morgan fingerprint density at radius 1 is 1.29 bits per heavy atom. The average molecular weight is 411 g/mol. The molecule has 7 heteroatoms. The molecule has 2 rings (SSSR count). The van der Waals surface area contributed by atoms with Crippen LogP contribution in [0.15, 0.2) is 30.3 Å². The summed E-state index contributed by atoms with van der Waals surface area (Å²) < 4.78 is 0. The van der Waals surface area contributed by atoms with E-state index < -0.39 is 0 Å². The molecule has 1 aromatic carbocycles. The van der Waals surface area contributed by atoms with Crippen molar-refractivity contribution in [1.82, 2.24) is 15.1 Å². The highest BCUT2D eigenvalue weighted by molar-refractivity contribution is 5.85. The number of benzene rings is 1. The zero-order valence-corrected chi connectivity index (χ0v) is 17.9. The maximum Gasteiger partial charge on any atom is 0.317 e. The third kappa shape index (κ3) is 7.68. The number of rotatable bonds is 8. The number of nitrogens with zero attached hydrogens (tertiary/aromatic N) is 2. The topological polar surface area (TPSA) is 78.7 Å².